The topological polar surface area (TPSA) is 152 Å². The van der Waals surface area contributed by atoms with Gasteiger partial charge in [-0.3, -0.25) is 9.59 Å². The van der Waals surface area contributed by atoms with Gasteiger partial charge in [-0.2, -0.15) is 0 Å². The van der Waals surface area contributed by atoms with Crippen molar-refractivity contribution in [2.45, 2.75) is 192 Å². The van der Waals surface area contributed by atoms with E-state index in [4.69, 9.17) is 18.9 Å². The number of aliphatic hydroxyl groups is 4. The van der Waals surface area contributed by atoms with Gasteiger partial charge in [0, 0.05) is 12.8 Å². The molecule has 0 bridgehead atoms. The van der Waals surface area contributed by atoms with Crippen molar-refractivity contribution in [3.63, 3.8) is 0 Å². The molecule has 10 heteroatoms. The Morgan fingerprint density at radius 3 is 1.70 bits per heavy atom. The molecular formula is C43H74O10. The van der Waals surface area contributed by atoms with E-state index in [0.29, 0.717) is 12.8 Å². The molecule has 0 aromatic carbocycles. The molecule has 1 saturated heterocycles. The average Bonchev–Trinajstić information content (AvgIpc) is 3.15. The van der Waals surface area contributed by atoms with Gasteiger partial charge in [-0.05, 0) is 70.6 Å². The summed E-state index contributed by atoms with van der Waals surface area (Å²) in [7, 11) is 0. The van der Waals surface area contributed by atoms with Crippen molar-refractivity contribution < 1.29 is 49.0 Å². The number of esters is 2. The lowest BCUT2D eigenvalue weighted by molar-refractivity contribution is -0.305. The molecule has 0 saturated carbocycles. The second-order valence-electron chi connectivity index (χ2n) is 14.1. The largest absolute Gasteiger partial charge is 0.462 e. The van der Waals surface area contributed by atoms with Crippen molar-refractivity contribution in [1.29, 1.82) is 0 Å². The second kappa shape index (κ2) is 34.2. The van der Waals surface area contributed by atoms with Gasteiger partial charge in [0.05, 0.1) is 13.2 Å². The van der Waals surface area contributed by atoms with Crippen molar-refractivity contribution in [1.82, 2.24) is 0 Å². The van der Waals surface area contributed by atoms with Crippen LogP contribution in [-0.4, -0.2) is 89.0 Å². The van der Waals surface area contributed by atoms with Gasteiger partial charge in [0.1, 0.15) is 31.0 Å². The Morgan fingerprint density at radius 1 is 0.604 bits per heavy atom. The quantitative estimate of drug-likeness (QED) is 0.0294. The normalized spacial score (nSPS) is 21.4. The van der Waals surface area contributed by atoms with Gasteiger partial charge in [0.25, 0.3) is 0 Å². The molecule has 306 valence electrons. The van der Waals surface area contributed by atoms with Crippen LogP contribution in [0.15, 0.2) is 48.6 Å². The molecule has 6 unspecified atom stereocenters. The molecule has 53 heavy (non-hydrogen) atoms. The average molecular weight is 751 g/mol. The van der Waals surface area contributed by atoms with E-state index in [0.717, 1.165) is 89.9 Å². The van der Waals surface area contributed by atoms with Crippen LogP contribution in [0.1, 0.15) is 155 Å². The fourth-order valence-electron chi connectivity index (χ4n) is 5.90. The molecule has 0 radical (unpaired) electrons. The second-order valence-corrected chi connectivity index (χ2v) is 14.1. The predicted molar refractivity (Wildman–Crippen MR) is 210 cm³/mol. The van der Waals surface area contributed by atoms with Crippen LogP contribution in [0.5, 0.6) is 0 Å². The molecule has 4 N–H and O–H groups in total. The van der Waals surface area contributed by atoms with Crippen LogP contribution in [0.4, 0.5) is 0 Å². The number of carbonyl (C=O) groups excluding carboxylic acids is 2. The number of allylic oxidation sites excluding steroid dienone is 8. The Morgan fingerprint density at radius 2 is 1.11 bits per heavy atom. The lowest BCUT2D eigenvalue weighted by Crippen LogP contribution is -2.59. The molecule has 1 aliphatic rings. The third-order valence-electron chi connectivity index (χ3n) is 9.20. The standard InChI is InChI=1S/C43H74O10/c1-3-5-7-9-11-13-15-17-18-20-22-24-26-28-30-32-39(46)52-36(35-51-43-42(49)41(48)40(47)37(33-44)53-43)34-50-38(45)31-29-27-25-23-21-19-16-14-12-10-8-6-4-2/h5,7,11,13-14,16-18,36-37,40-44,47-49H,3-4,6,8-10,12,15,19-35H2,1-2H3/b7-5-,13-11-,16-14-,18-17-. The van der Waals surface area contributed by atoms with Crippen LogP contribution in [0, 0.1) is 0 Å². The van der Waals surface area contributed by atoms with Crippen LogP contribution in [0.3, 0.4) is 0 Å². The van der Waals surface area contributed by atoms with Gasteiger partial charge in [0.2, 0.25) is 0 Å². The molecular weight excluding hydrogens is 676 g/mol. The highest BCUT2D eigenvalue weighted by Gasteiger charge is 2.44. The highest BCUT2D eigenvalue weighted by molar-refractivity contribution is 5.70. The van der Waals surface area contributed by atoms with Gasteiger partial charge in [-0.1, -0.05) is 120 Å². The summed E-state index contributed by atoms with van der Waals surface area (Å²) in [4.78, 5) is 25.2. The third kappa shape index (κ3) is 26.2. The van der Waals surface area contributed by atoms with Crippen LogP contribution in [0.25, 0.3) is 0 Å². The van der Waals surface area contributed by atoms with E-state index in [1.807, 2.05) is 0 Å². The van der Waals surface area contributed by atoms with E-state index in [1.165, 1.54) is 25.7 Å². The Kier molecular flexibility index (Phi) is 31.4. The summed E-state index contributed by atoms with van der Waals surface area (Å²) in [6.07, 6.45) is 31.2. The summed E-state index contributed by atoms with van der Waals surface area (Å²) in [6, 6.07) is 0. The van der Waals surface area contributed by atoms with Gasteiger partial charge < -0.3 is 39.4 Å². The maximum atomic E-state index is 12.7. The SMILES string of the molecule is CC/C=C\C/C=C\C/C=C\CCCCCCCC(=O)OC(COC(=O)CCCCCCC/C=C\CCCCCC)COC1OC(CO)C(O)C(O)C1O. The molecule has 0 amide bonds. The molecule has 0 spiro atoms. The lowest BCUT2D eigenvalue weighted by atomic mass is 9.99. The molecule has 1 fully saturated rings. The van der Waals surface area contributed by atoms with Crippen LogP contribution >= 0.6 is 0 Å². The van der Waals surface area contributed by atoms with Crippen molar-refractivity contribution >= 4 is 11.9 Å². The van der Waals surface area contributed by atoms with E-state index >= 15 is 0 Å². The number of hydrogen-bond acceptors (Lipinski definition) is 10. The Bertz CT molecular complexity index is 1010. The lowest BCUT2D eigenvalue weighted by Gasteiger charge is -2.39. The first kappa shape index (κ1) is 48.7. The highest BCUT2D eigenvalue weighted by Crippen LogP contribution is 2.22. The van der Waals surface area contributed by atoms with E-state index in [-0.39, 0.29) is 26.1 Å². The third-order valence-corrected chi connectivity index (χ3v) is 9.20. The minimum atomic E-state index is -1.60. The minimum absolute atomic E-state index is 0.207. The summed E-state index contributed by atoms with van der Waals surface area (Å²) in [5.74, 6) is -0.841. The van der Waals surface area contributed by atoms with Crippen molar-refractivity contribution in [2.24, 2.45) is 0 Å². The smallest absolute Gasteiger partial charge is 0.306 e. The predicted octanol–water partition coefficient (Wildman–Crippen LogP) is 8.10. The highest BCUT2D eigenvalue weighted by atomic mass is 16.7. The number of hydrogen-bond donors (Lipinski definition) is 4. The summed E-state index contributed by atoms with van der Waals surface area (Å²) >= 11 is 0. The first-order valence-electron chi connectivity index (χ1n) is 20.7. The summed E-state index contributed by atoms with van der Waals surface area (Å²) < 4.78 is 22.1. The first-order chi connectivity index (χ1) is 25.8. The maximum Gasteiger partial charge on any atom is 0.306 e. The fraction of sp³-hybridized carbons (Fsp3) is 0.767. The van der Waals surface area contributed by atoms with Crippen LogP contribution in [0.2, 0.25) is 0 Å². The van der Waals surface area contributed by atoms with E-state index in [9.17, 15) is 30.0 Å². The number of carbonyl (C=O) groups is 2. The van der Waals surface area contributed by atoms with Gasteiger partial charge >= 0.3 is 11.9 Å². The number of unbranched alkanes of at least 4 members (excludes halogenated alkanes) is 14. The van der Waals surface area contributed by atoms with Crippen molar-refractivity contribution in [3.8, 4) is 0 Å². The molecule has 0 aromatic rings. The monoisotopic (exact) mass is 751 g/mol. The number of aliphatic hydroxyl groups excluding tert-OH is 4. The molecule has 1 heterocycles. The van der Waals surface area contributed by atoms with Gasteiger partial charge in [-0.15, -0.1) is 0 Å². The van der Waals surface area contributed by atoms with Gasteiger partial charge in [-0.25, -0.2) is 0 Å². The van der Waals surface area contributed by atoms with Crippen molar-refractivity contribution in [3.05, 3.63) is 48.6 Å². The zero-order valence-electron chi connectivity index (χ0n) is 33.0. The summed E-state index contributed by atoms with van der Waals surface area (Å²) in [6.45, 7) is 3.25. The fourth-order valence-corrected chi connectivity index (χ4v) is 5.90. The zero-order chi connectivity index (χ0) is 38.8. The van der Waals surface area contributed by atoms with Crippen LogP contribution < -0.4 is 0 Å². The molecule has 10 nitrogen and oxygen atoms in total. The Hall–Kier alpha value is -2.34. The van der Waals surface area contributed by atoms with E-state index < -0.39 is 55.4 Å². The number of rotatable bonds is 33. The zero-order valence-corrected chi connectivity index (χ0v) is 33.0. The summed E-state index contributed by atoms with van der Waals surface area (Å²) in [5, 5.41) is 40.0. The van der Waals surface area contributed by atoms with Gasteiger partial charge in [0.15, 0.2) is 12.4 Å². The Balaban J connectivity index is 2.39. The van der Waals surface area contributed by atoms with E-state index in [2.05, 4.69) is 62.5 Å². The van der Waals surface area contributed by atoms with E-state index in [1.54, 1.807) is 0 Å². The maximum absolute atomic E-state index is 12.7. The molecule has 0 aromatic heterocycles. The van der Waals surface area contributed by atoms with Crippen LogP contribution in [-0.2, 0) is 28.5 Å². The molecule has 1 aliphatic heterocycles. The first-order valence-corrected chi connectivity index (χ1v) is 20.7. The molecule has 0 aliphatic carbocycles. The molecule has 1 rings (SSSR count). The number of ether oxygens (including phenoxy) is 4. The molecule has 6 atom stereocenters. The minimum Gasteiger partial charge on any atom is -0.462 e. The summed E-state index contributed by atoms with van der Waals surface area (Å²) in [5.41, 5.74) is 0. The van der Waals surface area contributed by atoms with Crippen molar-refractivity contribution in [2.75, 3.05) is 19.8 Å². The Labute approximate surface area is 320 Å².